The molecule has 4 atom stereocenters. The third-order valence-electron chi connectivity index (χ3n) is 4.67. The minimum atomic E-state index is -2.98. The number of hydrogen-bond acceptors (Lipinski definition) is 3. The highest BCUT2D eigenvalue weighted by molar-refractivity contribution is 7.91. The number of sulfone groups is 1. The molecule has 0 spiro atoms. The molecular formula is C12H22O3S. The Hall–Kier alpha value is -0.0900. The molecular weight excluding hydrogens is 224 g/mol. The van der Waals surface area contributed by atoms with Crippen molar-refractivity contribution in [2.45, 2.75) is 45.1 Å². The molecule has 2 rings (SSSR count). The van der Waals surface area contributed by atoms with Gasteiger partial charge in [0.05, 0.1) is 17.1 Å². The topological polar surface area (TPSA) is 54.4 Å². The van der Waals surface area contributed by atoms with Gasteiger partial charge < -0.3 is 5.11 Å². The lowest BCUT2D eigenvalue weighted by molar-refractivity contribution is -0.0257. The summed E-state index contributed by atoms with van der Waals surface area (Å²) in [5.41, 5.74) is -0.923. The highest BCUT2D eigenvalue weighted by Gasteiger charge is 2.47. The van der Waals surface area contributed by atoms with Crippen molar-refractivity contribution in [3.63, 3.8) is 0 Å². The molecule has 0 aromatic rings. The predicted molar refractivity (Wildman–Crippen MR) is 63.9 cm³/mol. The van der Waals surface area contributed by atoms with Gasteiger partial charge in [0.2, 0.25) is 0 Å². The summed E-state index contributed by atoms with van der Waals surface area (Å²) in [4.78, 5) is 0. The van der Waals surface area contributed by atoms with Gasteiger partial charge in [-0.2, -0.15) is 0 Å². The van der Waals surface area contributed by atoms with Crippen LogP contribution >= 0.6 is 0 Å². The Morgan fingerprint density at radius 2 is 1.88 bits per heavy atom. The summed E-state index contributed by atoms with van der Waals surface area (Å²) in [6, 6.07) is 0. The minimum Gasteiger partial charge on any atom is -0.389 e. The molecule has 2 fully saturated rings. The van der Waals surface area contributed by atoms with Crippen molar-refractivity contribution in [3.05, 3.63) is 0 Å². The van der Waals surface area contributed by atoms with E-state index in [0.717, 1.165) is 19.3 Å². The Morgan fingerprint density at radius 3 is 2.38 bits per heavy atom. The molecule has 1 aliphatic heterocycles. The first-order chi connectivity index (χ1) is 7.32. The van der Waals surface area contributed by atoms with Crippen molar-refractivity contribution >= 4 is 9.84 Å². The Labute approximate surface area is 98.2 Å². The summed E-state index contributed by atoms with van der Waals surface area (Å²) < 4.78 is 22.9. The number of aliphatic hydroxyl groups is 1. The van der Waals surface area contributed by atoms with E-state index in [1.54, 1.807) is 0 Å². The van der Waals surface area contributed by atoms with E-state index < -0.39 is 15.4 Å². The van der Waals surface area contributed by atoms with Gasteiger partial charge in [-0.05, 0) is 37.0 Å². The highest BCUT2D eigenvalue weighted by Crippen LogP contribution is 2.42. The first kappa shape index (κ1) is 12.4. The zero-order valence-corrected chi connectivity index (χ0v) is 11.0. The van der Waals surface area contributed by atoms with Gasteiger partial charge in [-0.25, -0.2) is 8.42 Å². The molecule has 0 aromatic carbocycles. The fourth-order valence-electron chi connectivity index (χ4n) is 3.21. The highest BCUT2D eigenvalue weighted by atomic mass is 32.2. The minimum absolute atomic E-state index is 0.00817. The van der Waals surface area contributed by atoms with Gasteiger partial charge in [-0.15, -0.1) is 0 Å². The molecule has 16 heavy (non-hydrogen) atoms. The van der Waals surface area contributed by atoms with Crippen molar-refractivity contribution in [1.29, 1.82) is 0 Å². The van der Waals surface area contributed by atoms with E-state index in [4.69, 9.17) is 0 Å². The molecule has 3 nitrogen and oxygen atoms in total. The van der Waals surface area contributed by atoms with Crippen LogP contribution in [0.2, 0.25) is 0 Å². The smallest absolute Gasteiger partial charge is 0.153 e. The van der Waals surface area contributed by atoms with Gasteiger partial charge in [-0.1, -0.05) is 20.3 Å². The zero-order chi connectivity index (χ0) is 12.0. The van der Waals surface area contributed by atoms with Crippen LogP contribution in [0.1, 0.15) is 39.5 Å². The SMILES string of the molecule is CC1CCC(C2(O)CCS(=O)(=O)C2)CC1C. The molecule has 94 valence electrons. The van der Waals surface area contributed by atoms with E-state index in [2.05, 4.69) is 13.8 Å². The van der Waals surface area contributed by atoms with Crippen molar-refractivity contribution in [3.8, 4) is 0 Å². The van der Waals surface area contributed by atoms with Gasteiger partial charge in [-0.3, -0.25) is 0 Å². The average Bonchev–Trinajstić information content (AvgIpc) is 2.47. The van der Waals surface area contributed by atoms with E-state index in [-0.39, 0.29) is 17.4 Å². The van der Waals surface area contributed by atoms with Crippen molar-refractivity contribution < 1.29 is 13.5 Å². The monoisotopic (exact) mass is 246 g/mol. The lowest BCUT2D eigenvalue weighted by Crippen LogP contribution is -2.42. The summed E-state index contributed by atoms with van der Waals surface area (Å²) in [6.07, 6.45) is 3.53. The summed E-state index contributed by atoms with van der Waals surface area (Å²) in [5, 5.41) is 10.5. The first-order valence-corrected chi connectivity index (χ1v) is 8.07. The maximum Gasteiger partial charge on any atom is 0.153 e. The van der Waals surface area contributed by atoms with Crippen molar-refractivity contribution in [2.75, 3.05) is 11.5 Å². The quantitative estimate of drug-likeness (QED) is 0.764. The predicted octanol–water partition coefficient (Wildman–Crippen LogP) is 1.61. The molecule has 0 bridgehead atoms. The van der Waals surface area contributed by atoms with E-state index in [0.29, 0.717) is 18.3 Å². The van der Waals surface area contributed by atoms with Crippen LogP contribution in [0.3, 0.4) is 0 Å². The Kier molecular flexibility index (Phi) is 3.08. The average molecular weight is 246 g/mol. The fraction of sp³-hybridized carbons (Fsp3) is 1.00. The second-order valence-electron chi connectivity index (χ2n) is 5.91. The Bertz CT molecular complexity index is 362. The van der Waals surface area contributed by atoms with Crippen LogP contribution in [0.4, 0.5) is 0 Å². The van der Waals surface area contributed by atoms with Gasteiger partial charge in [0.15, 0.2) is 9.84 Å². The lowest BCUT2D eigenvalue weighted by Gasteiger charge is -2.39. The second-order valence-corrected chi connectivity index (χ2v) is 8.09. The molecule has 1 aliphatic carbocycles. The third-order valence-corrected chi connectivity index (χ3v) is 6.44. The van der Waals surface area contributed by atoms with E-state index in [1.165, 1.54) is 0 Å². The lowest BCUT2D eigenvalue weighted by atomic mass is 9.69. The number of hydrogen-bond donors (Lipinski definition) is 1. The zero-order valence-electron chi connectivity index (χ0n) is 10.1. The second kappa shape index (κ2) is 3.98. The van der Waals surface area contributed by atoms with Gasteiger partial charge in [0.25, 0.3) is 0 Å². The van der Waals surface area contributed by atoms with E-state index in [9.17, 15) is 13.5 Å². The molecule has 1 saturated carbocycles. The summed E-state index contributed by atoms with van der Waals surface area (Å²) in [7, 11) is -2.98. The molecule has 4 heteroatoms. The summed E-state index contributed by atoms with van der Waals surface area (Å²) in [6.45, 7) is 4.46. The third kappa shape index (κ3) is 2.28. The first-order valence-electron chi connectivity index (χ1n) is 6.25. The van der Waals surface area contributed by atoms with Crippen LogP contribution in [0.15, 0.2) is 0 Å². The largest absolute Gasteiger partial charge is 0.389 e. The summed E-state index contributed by atoms with van der Waals surface area (Å²) in [5.74, 6) is 1.66. The Balaban J connectivity index is 2.08. The Morgan fingerprint density at radius 1 is 1.19 bits per heavy atom. The summed E-state index contributed by atoms with van der Waals surface area (Å²) >= 11 is 0. The van der Waals surface area contributed by atoms with Crippen LogP contribution in [0.5, 0.6) is 0 Å². The number of rotatable bonds is 1. The van der Waals surface area contributed by atoms with Gasteiger partial charge >= 0.3 is 0 Å². The van der Waals surface area contributed by atoms with Crippen LogP contribution in [-0.4, -0.2) is 30.6 Å². The molecule has 0 radical (unpaired) electrons. The fourth-order valence-corrected chi connectivity index (χ4v) is 5.17. The molecule has 1 saturated heterocycles. The van der Waals surface area contributed by atoms with Crippen LogP contribution < -0.4 is 0 Å². The van der Waals surface area contributed by atoms with E-state index >= 15 is 0 Å². The normalized spacial score (nSPS) is 48.1. The van der Waals surface area contributed by atoms with Gasteiger partial charge in [0, 0.05) is 0 Å². The van der Waals surface area contributed by atoms with Crippen LogP contribution in [0.25, 0.3) is 0 Å². The standard InChI is InChI=1S/C12H22O3S/c1-9-3-4-11(7-10(9)2)12(13)5-6-16(14,15)8-12/h9-11,13H,3-8H2,1-2H3. The van der Waals surface area contributed by atoms with Crippen LogP contribution in [0, 0.1) is 17.8 Å². The van der Waals surface area contributed by atoms with Crippen LogP contribution in [-0.2, 0) is 9.84 Å². The van der Waals surface area contributed by atoms with Crippen molar-refractivity contribution in [1.82, 2.24) is 0 Å². The van der Waals surface area contributed by atoms with Gasteiger partial charge in [0.1, 0.15) is 0 Å². The molecule has 2 aliphatic rings. The van der Waals surface area contributed by atoms with Crippen molar-refractivity contribution in [2.24, 2.45) is 17.8 Å². The molecule has 1 heterocycles. The molecule has 1 N–H and O–H groups in total. The molecule has 0 aromatic heterocycles. The maximum atomic E-state index is 11.5. The molecule has 0 amide bonds. The molecule has 4 unspecified atom stereocenters. The maximum absolute atomic E-state index is 11.5. The van der Waals surface area contributed by atoms with E-state index in [1.807, 2.05) is 0 Å².